The Morgan fingerprint density at radius 2 is 2.12 bits per heavy atom. The average molecular weight is 327 g/mol. The molecule has 0 bridgehead atoms. The van der Waals surface area contributed by atoms with Crippen molar-refractivity contribution in [3.05, 3.63) is 64.0 Å². The van der Waals surface area contributed by atoms with Crippen LogP contribution in [0.25, 0.3) is 11.5 Å². The zero-order valence-corrected chi connectivity index (χ0v) is 13.4. The Labute approximate surface area is 137 Å². The lowest BCUT2D eigenvalue weighted by Gasteiger charge is -2.07. The van der Waals surface area contributed by atoms with Crippen molar-refractivity contribution in [3.63, 3.8) is 0 Å². The minimum absolute atomic E-state index is 0.236. The number of rotatable bonds is 5. The van der Waals surface area contributed by atoms with E-state index in [2.05, 4.69) is 10.4 Å². The molecule has 0 aliphatic heterocycles. The molecule has 0 aliphatic carbocycles. The first kappa shape index (κ1) is 15.8. The van der Waals surface area contributed by atoms with Crippen LogP contribution in [-0.2, 0) is 6.54 Å². The van der Waals surface area contributed by atoms with Crippen LogP contribution in [-0.4, -0.2) is 22.2 Å². The minimum Gasteiger partial charge on any atom is -0.466 e. The smallest absolute Gasteiger partial charge is 0.266 e. The van der Waals surface area contributed by atoms with Gasteiger partial charge in [-0.2, -0.15) is 5.10 Å². The summed E-state index contributed by atoms with van der Waals surface area (Å²) < 4.78 is 11.9. The fourth-order valence-electron chi connectivity index (χ4n) is 2.39. The molecule has 24 heavy (non-hydrogen) atoms. The van der Waals surface area contributed by atoms with Crippen molar-refractivity contribution >= 4 is 5.91 Å². The fourth-order valence-corrected chi connectivity index (χ4v) is 2.39. The van der Waals surface area contributed by atoms with Crippen LogP contribution in [0.15, 0.2) is 50.2 Å². The largest absolute Gasteiger partial charge is 0.466 e. The molecule has 1 amide bonds. The molecule has 0 aromatic carbocycles. The lowest BCUT2D eigenvalue weighted by molar-refractivity contribution is 0.0950. The monoisotopic (exact) mass is 327 g/mol. The lowest BCUT2D eigenvalue weighted by atomic mass is 10.2. The van der Waals surface area contributed by atoms with Crippen LogP contribution in [0.4, 0.5) is 0 Å². The van der Waals surface area contributed by atoms with Crippen LogP contribution in [0, 0.1) is 13.8 Å². The fraction of sp³-hybridized carbons (Fsp3) is 0.235. The lowest BCUT2D eigenvalue weighted by Crippen LogP contribution is -2.32. The topological polar surface area (TPSA) is 90.3 Å². The van der Waals surface area contributed by atoms with Crippen molar-refractivity contribution in [1.29, 1.82) is 0 Å². The summed E-state index contributed by atoms with van der Waals surface area (Å²) in [5.41, 5.74) is 0.819. The van der Waals surface area contributed by atoms with Crippen molar-refractivity contribution in [1.82, 2.24) is 15.1 Å². The van der Waals surface area contributed by atoms with Gasteiger partial charge >= 0.3 is 0 Å². The first-order chi connectivity index (χ1) is 11.5. The number of carbonyl (C=O) groups is 1. The third-order valence-electron chi connectivity index (χ3n) is 3.54. The first-order valence-corrected chi connectivity index (χ1v) is 7.52. The molecule has 0 saturated heterocycles. The number of furan rings is 2. The molecule has 3 heterocycles. The van der Waals surface area contributed by atoms with Gasteiger partial charge in [0.1, 0.15) is 17.2 Å². The van der Waals surface area contributed by atoms with Gasteiger partial charge < -0.3 is 14.2 Å². The number of hydrogen-bond donors (Lipinski definition) is 1. The van der Waals surface area contributed by atoms with Crippen molar-refractivity contribution in [2.24, 2.45) is 0 Å². The van der Waals surface area contributed by atoms with E-state index in [0.29, 0.717) is 28.5 Å². The van der Waals surface area contributed by atoms with E-state index in [1.165, 1.54) is 10.7 Å². The van der Waals surface area contributed by atoms with Crippen LogP contribution in [0.1, 0.15) is 21.9 Å². The number of aromatic nitrogens is 2. The van der Waals surface area contributed by atoms with Crippen molar-refractivity contribution in [2.45, 2.75) is 20.4 Å². The van der Waals surface area contributed by atoms with E-state index < -0.39 is 0 Å². The van der Waals surface area contributed by atoms with E-state index in [0.717, 1.165) is 0 Å². The Bertz CT molecular complexity index is 906. The number of aryl methyl sites for hydroxylation is 2. The maximum absolute atomic E-state index is 12.1. The van der Waals surface area contributed by atoms with Gasteiger partial charge in [0.2, 0.25) is 0 Å². The molecule has 0 spiro atoms. The zero-order valence-electron chi connectivity index (χ0n) is 13.4. The molecule has 7 heteroatoms. The van der Waals surface area contributed by atoms with Gasteiger partial charge in [0.25, 0.3) is 11.5 Å². The average Bonchev–Trinajstić information content (AvgIpc) is 3.18. The van der Waals surface area contributed by atoms with E-state index in [1.54, 1.807) is 44.4 Å². The normalized spacial score (nSPS) is 10.8. The van der Waals surface area contributed by atoms with E-state index in [4.69, 9.17) is 8.83 Å². The number of hydrogen-bond acceptors (Lipinski definition) is 5. The van der Waals surface area contributed by atoms with Crippen molar-refractivity contribution in [3.8, 4) is 11.5 Å². The van der Waals surface area contributed by atoms with Crippen LogP contribution >= 0.6 is 0 Å². The highest BCUT2D eigenvalue weighted by atomic mass is 16.3. The summed E-state index contributed by atoms with van der Waals surface area (Å²) in [7, 11) is 0. The van der Waals surface area contributed by atoms with Crippen LogP contribution in [0.5, 0.6) is 0 Å². The summed E-state index contributed by atoms with van der Waals surface area (Å²) in [5, 5.41) is 7.01. The zero-order chi connectivity index (χ0) is 17.1. The van der Waals surface area contributed by atoms with E-state index >= 15 is 0 Å². The third-order valence-corrected chi connectivity index (χ3v) is 3.54. The standard InChI is InChI=1S/C17H17N3O4/c1-11-10-13(12(2)24-11)17(22)18-7-8-20-16(21)6-5-14(19-20)15-4-3-9-23-15/h3-6,9-10H,7-8H2,1-2H3,(H,18,22). The van der Waals surface area contributed by atoms with Gasteiger partial charge in [-0.3, -0.25) is 9.59 Å². The summed E-state index contributed by atoms with van der Waals surface area (Å²) in [6.07, 6.45) is 1.54. The summed E-state index contributed by atoms with van der Waals surface area (Å²) in [4.78, 5) is 24.0. The number of nitrogens with one attached hydrogen (secondary N) is 1. The molecule has 0 fully saturated rings. The van der Waals surface area contributed by atoms with E-state index in [1.807, 2.05) is 0 Å². The SMILES string of the molecule is Cc1cc(C(=O)NCCn2nc(-c3ccco3)ccc2=O)c(C)o1. The summed E-state index contributed by atoms with van der Waals surface area (Å²) in [5.74, 6) is 1.60. The van der Waals surface area contributed by atoms with Gasteiger partial charge in [0.15, 0.2) is 5.76 Å². The predicted octanol–water partition coefficient (Wildman–Crippen LogP) is 2.14. The molecule has 0 atom stereocenters. The molecule has 3 aromatic rings. The first-order valence-electron chi connectivity index (χ1n) is 7.52. The maximum Gasteiger partial charge on any atom is 0.266 e. The van der Waals surface area contributed by atoms with Gasteiger partial charge in [-0.1, -0.05) is 0 Å². The molecule has 0 radical (unpaired) electrons. The highest BCUT2D eigenvalue weighted by Gasteiger charge is 2.13. The number of carbonyl (C=O) groups excluding carboxylic acids is 1. The molecule has 3 rings (SSSR count). The molecule has 1 N–H and O–H groups in total. The van der Waals surface area contributed by atoms with E-state index in [9.17, 15) is 9.59 Å². The van der Waals surface area contributed by atoms with Gasteiger partial charge in [-0.25, -0.2) is 4.68 Å². The maximum atomic E-state index is 12.1. The van der Waals surface area contributed by atoms with Crippen LogP contribution < -0.4 is 10.9 Å². The second kappa shape index (κ2) is 6.57. The number of amides is 1. The molecular weight excluding hydrogens is 310 g/mol. The highest BCUT2D eigenvalue weighted by Crippen LogP contribution is 2.15. The predicted molar refractivity (Wildman–Crippen MR) is 86.7 cm³/mol. The Balaban J connectivity index is 1.66. The number of nitrogens with zero attached hydrogens (tertiary/aromatic N) is 2. The summed E-state index contributed by atoms with van der Waals surface area (Å²) in [6.45, 7) is 4.06. The summed E-state index contributed by atoms with van der Waals surface area (Å²) >= 11 is 0. The van der Waals surface area contributed by atoms with Crippen molar-refractivity contribution in [2.75, 3.05) is 6.54 Å². The minimum atomic E-state index is -0.241. The Morgan fingerprint density at radius 1 is 1.29 bits per heavy atom. The molecule has 124 valence electrons. The van der Waals surface area contributed by atoms with Gasteiger partial charge in [-0.15, -0.1) is 0 Å². The molecular formula is C17H17N3O4. The third kappa shape index (κ3) is 3.29. The van der Waals surface area contributed by atoms with Gasteiger partial charge in [0, 0.05) is 12.6 Å². The van der Waals surface area contributed by atoms with Gasteiger partial charge in [0.05, 0.1) is 18.4 Å². The second-order valence-corrected chi connectivity index (χ2v) is 5.34. The molecule has 0 aliphatic rings. The Hall–Kier alpha value is -3.09. The van der Waals surface area contributed by atoms with E-state index in [-0.39, 0.29) is 24.6 Å². The molecule has 7 nitrogen and oxygen atoms in total. The quantitative estimate of drug-likeness (QED) is 0.775. The van der Waals surface area contributed by atoms with Crippen LogP contribution in [0.3, 0.4) is 0 Å². The Morgan fingerprint density at radius 3 is 2.79 bits per heavy atom. The molecule has 0 unspecified atom stereocenters. The second-order valence-electron chi connectivity index (χ2n) is 5.34. The van der Waals surface area contributed by atoms with Gasteiger partial charge in [-0.05, 0) is 38.1 Å². The molecule has 3 aromatic heterocycles. The molecule has 0 saturated carbocycles. The summed E-state index contributed by atoms with van der Waals surface area (Å²) in [6, 6.07) is 8.24. The highest BCUT2D eigenvalue weighted by molar-refractivity contribution is 5.95. The Kier molecular flexibility index (Phi) is 4.33. The van der Waals surface area contributed by atoms with Crippen LogP contribution in [0.2, 0.25) is 0 Å². The van der Waals surface area contributed by atoms with Crippen molar-refractivity contribution < 1.29 is 13.6 Å².